The van der Waals surface area contributed by atoms with Crippen molar-refractivity contribution < 1.29 is 9.90 Å². The summed E-state index contributed by atoms with van der Waals surface area (Å²) < 4.78 is 0. The quantitative estimate of drug-likeness (QED) is 0.746. The van der Waals surface area contributed by atoms with E-state index in [-0.39, 0.29) is 6.10 Å². The Morgan fingerprint density at radius 2 is 2.00 bits per heavy atom. The Hall–Kier alpha value is -0.410. The van der Waals surface area contributed by atoms with Crippen molar-refractivity contribution in [1.29, 1.82) is 0 Å². The molecule has 0 bridgehead atoms. The van der Waals surface area contributed by atoms with E-state index in [2.05, 4.69) is 4.90 Å². The van der Waals surface area contributed by atoms with Crippen LogP contribution in [-0.4, -0.2) is 41.0 Å². The highest BCUT2D eigenvalue weighted by Crippen LogP contribution is 2.27. The van der Waals surface area contributed by atoms with Gasteiger partial charge in [0.25, 0.3) is 0 Å². The Morgan fingerprint density at radius 3 is 2.53 bits per heavy atom. The minimum Gasteiger partial charge on any atom is -0.393 e. The zero-order chi connectivity index (χ0) is 10.8. The standard InChI is InChI=1S/C12H21NO2/c1-9(14)10-6-7-13(8-10)11-2-4-12(15)5-3-11/h9-11,14H,2-8H2,1H3. The van der Waals surface area contributed by atoms with Crippen LogP contribution in [0, 0.1) is 5.92 Å². The third-order valence-electron chi connectivity index (χ3n) is 3.97. The summed E-state index contributed by atoms with van der Waals surface area (Å²) in [5.74, 6) is 0.875. The average molecular weight is 211 g/mol. The molecule has 1 saturated carbocycles. The van der Waals surface area contributed by atoms with Crippen molar-refractivity contribution in [1.82, 2.24) is 4.90 Å². The van der Waals surface area contributed by atoms with Gasteiger partial charge in [-0.15, -0.1) is 0 Å². The van der Waals surface area contributed by atoms with Crippen LogP contribution in [-0.2, 0) is 4.79 Å². The zero-order valence-electron chi connectivity index (χ0n) is 9.48. The predicted molar refractivity (Wildman–Crippen MR) is 58.6 cm³/mol. The molecule has 3 heteroatoms. The monoisotopic (exact) mass is 211 g/mol. The van der Waals surface area contributed by atoms with Crippen molar-refractivity contribution in [3.8, 4) is 0 Å². The van der Waals surface area contributed by atoms with Crippen LogP contribution < -0.4 is 0 Å². The van der Waals surface area contributed by atoms with Crippen LogP contribution in [0.25, 0.3) is 0 Å². The van der Waals surface area contributed by atoms with Gasteiger partial charge in [-0.25, -0.2) is 0 Å². The van der Waals surface area contributed by atoms with Crippen LogP contribution in [0.1, 0.15) is 39.0 Å². The van der Waals surface area contributed by atoms with E-state index in [9.17, 15) is 9.90 Å². The van der Waals surface area contributed by atoms with Crippen molar-refractivity contribution in [3.63, 3.8) is 0 Å². The molecule has 0 aromatic carbocycles. The van der Waals surface area contributed by atoms with E-state index < -0.39 is 0 Å². The van der Waals surface area contributed by atoms with Gasteiger partial charge < -0.3 is 5.11 Å². The molecule has 3 nitrogen and oxygen atoms in total. The maximum absolute atomic E-state index is 11.1. The largest absolute Gasteiger partial charge is 0.393 e. The molecule has 2 atom stereocenters. The molecule has 2 aliphatic rings. The average Bonchev–Trinajstić information content (AvgIpc) is 2.68. The van der Waals surface area contributed by atoms with E-state index in [1.165, 1.54) is 0 Å². The summed E-state index contributed by atoms with van der Waals surface area (Å²) in [6.45, 7) is 4.02. The lowest BCUT2D eigenvalue weighted by Gasteiger charge is -2.30. The number of hydrogen-bond acceptors (Lipinski definition) is 3. The molecule has 0 radical (unpaired) electrons. The zero-order valence-corrected chi connectivity index (χ0v) is 9.48. The Morgan fingerprint density at radius 1 is 1.33 bits per heavy atom. The Kier molecular flexibility index (Phi) is 3.42. The fourth-order valence-electron chi connectivity index (χ4n) is 2.83. The number of aliphatic hydroxyl groups is 1. The molecule has 1 aliphatic heterocycles. The first-order valence-corrected chi connectivity index (χ1v) is 6.10. The lowest BCUT2D eigenvalue weighted by molar-refractivity contribution is -0.121. The van der Waals surface area contributed by atoms with Gasteiger partial charge in [-0.05, 0) is 38.6 Å². The van der Waals surface area contributed by atoms with Crippen molar-refractivity contribution in [2.75, 3.05) is 13.1 Å². The summed E-state index contributed by atoms with van der Waals surface area (Å²) in [4.78, 5) is 13.6. The van der Waals surface area contributed by atoms with Gasteiger partial charge >= 0.3 is 0 Å². The van der Waals surface area contributed by atoms with Gasteiger partial charge in [0, 0.05) is 25.4 Å². The van der Waals surface area contributed by atoms with Gasteiger partial charge in [0.15, 0.2) is 0 Å². The highest BCUT2D eigenvalue weighted by molar-refractivity contribution is 5.79. The molecular formula is C12H21NO2. The molecule has 0 aromatic rings. The normalized spacial score (nSPS) is 32.1. The Bertz CT molecular complexity index is 230. The Balaban J connectivity index is 1.83. The summed E-state index contributed by atoms with van der Waals surface area (Å²) in [5, 5.41) is 9.53. The van der Waals surface area contributed by atoms with Gasteiger partial charge in [0.05, 0.1) is 6.10 Å². The molecule has 1 N–H and O–H groups in total. The SMILES string of the molecule is CC(O)C1CCN(C2CCC(=O)CC2)C1. The summed E-state index contributed by atoms with van der Waals surface area (Å²) in [6, 6.07) is 0.603. The maximum atomic E-state index is 11.1. The lowest BCUT2D eigenvalue weighted by atomic mass is 9.93. The van der Waals surface area contributed by atoms with Crippen molar-refractivity contribution in [3.05, 3.63) is 0 Å². The van der Waals surface area contributed by atoms with E-state index in [4.69, 9.17) is 0 Å². The molecule has 1 saturated heterocycles. The third kappa shape index (κ3) is 2.58. The number of rotatable bonds is 2. The second-order valence-corrected chi connectivity index (χ2v) is 5.05. The van der Waals surface area contributed by atoms with Gasteiger partial charge in [-0.2, -0.15) is 0 Å². The van der Waals surface area contributed by atoms with E-state index in [1.54, 1.807) is 0 Å². The van der Waals surface area contributed by atoms with E-state index in [1.807, 2.05) is 6.92 Å². The summed E-state index contributed by atoms with van der Waals surface area (Å²) in [6.07, 6.45) is 4.53. The van der Waals surface area contributed by atoms with Crippen molar-refractivity contribution in [2.24, 2.45) is 5.92 Å². The number of ketones is 1. The second kappa shape index (κ2) is 4.62. The van der Waals surface area contributed by atoms with Crippen LogP contribution >= 0.6 is 0 Å². The molecule has 2 rings (SSSR count). The van der Waals surface area contributed by atoms with Crippen molar-refractivity contribution >= 4 is 5.78 Å². The van der Waals surface area contributed by atoms with Crippen molar-refractivity contribution in [2.45, 2.75) is 51.2 Å². The molecule has 86 valence electrons. The highest BCUT2D eigenvalue weighted by Gasteiger charge is 2.32. The molecule has 0 spiro atoms. The highest BCUT2D eigenvalue weighted by atomic mass is 16.3. The third-order valence-corrected chi connectivity index (χ3v) is 3.97. The first-order valence-electron chi connectivity index (χ1n) is 6.10. The summed E-state index contributed by atoms with van der Waals surface area (Å²) >= 11 is 0. The number of hydrogen-bond donors (Lipinski definition) is 1. The molecule has 2 unspecified atom stereocenters. The lowest BCUT2D eigenvalue weighted by Crippen LogP contribution is -2.37. The summed E-state index contributed by atoms with van der Waals surface area (Å²) in [5.41, 5.74) is 0. The molecule has 1 aliphatic carbocycles. The number of aliphatic hydroxyl groups excluding tert-OH is 1. The smallest absolute Gasteiger partial charge is 0.133 e. The van der Waals surface area contributed by atoms with Crippen LogP contribution in [0.4, 0.5) is 0 Å². The number of carbonyl (C=O) groups excluding carboxylic acids is 1. The van der Waals surface area contributed by atoms with Crippen LogP contribution in [0.2, 0.25) is 0 Å². The topological polar surface area (TPSA) is 40.5 Å². The van der Waals surface area contributed by atoms with Crippen LogP contribution in [0.15, 0.2) is 0 Å². The molecule has 15 heavy (non-hydrogen) atoms. The van der Waals surface area contributed by atoms with Gasteiger partial charge in [0.1, 0.15) is 5.78 Å². The number of Topliss-reactive ketones (excluding diaryl/α,β-unsaturated/α-hetero) is 1. The predicted octanol–water partition coefficient (Wildman–Crippen LogP) is 1.20. The molecule has 1 heterocycles. The fourth-order valence-corrected chi connectivity index (χ4v) is 2.83. The van der Waals surface area contributed by atoms with Gasteiger partial charge in [0.2, 0.25) is 0 Å². The minimum absolute atomic E-state index is 0.180. The molecular weight excluding hydrogens is 190 g/mol. The molecule has 2 fully saturated rings. The van der Waals surface area contributed by atoms with E-state index >= 15 is 0 Å². The van der Waals surface area contributed by atoms with Crippen LogP contribution in [0.5, 0.6) is 0 Å². The first kappa shape index (κ1) is 11.1. The van der Waals surface area contributed by atoms with Gasteiger partial charge in [-0.3, -0.25) is 9.69 Å². The molecule has 0 aromatic heterocycles. The first-order chi connectivity index (χ1) is 7.16. The number of likely N-dealkylation sites (tertiary alicyclic amines) is 1. The van der Waals surface area contributed by atoms with E-state index in [0.29, 0.717) is 17.7 Å². The van der Waals surface area contributed by atoms with E-state index in [0.717, 1.165) is 45.2 Å². The second-order valence-electron chi connectivity index (χ2n) is 5.05. The minimum atomic E-state index is -0.180. The number of nitrogens with zero attached hydrogens (tertiary/aromatic N) is 1. The number of carbonyl (C=O) groups is 1. The van der Waals surface area contributed by atoms with Gasteiger partial charge in [-0.1, -0.05) is 0 Å². The Labute approximate surface area is 91.5 Å². The fraction of sp³-hybridized carbons (Fsp3) is 0.917. The van der Waals surface area contributed by atoms with Crippen LogP contribution in [0.3, 0.4) is 0 Å². The molecule has 0 amide bonds. The summed E-state index contributed by atoms with van der Waals surface area (Å²) in [7, 11) is 0. The maximum Gasteiger partial charge on any atom is 0.133 e.